The minimum absolute atomic E-state index is 0.321. The van der Waals surface area contributed by atoms with Crippen molar-refractivity contribution in [1.29, 1.82) is 0 Å². The molecule has 0 unspecified atom stereocenters. The molecule has 1 aromatic rings. The van der Waals surface area contributed by atoms with E-state index < -0.39 is 0 Å². The zero-order valence-electron chi connectivity index (χ0n) is 13.4. The van der Waals surface area contributed by atoms with Gasteiger partial charge in [0.1, 0.15) is 5.75 Å². The molecule has 1 aromatic carbocycles. The van der Waals surface area contributed by atoms with Gasteiger partial charge in [0.25, 0.3) is 0 Å². The van der Waals surface area contributed by atoms with Crippen LogP contribution in [0.1, 0.15) is 49.7 Å². The molecular formula is C18H29NO2. The zero-order valence-corrected chi connectivity index (χ0v) is 13.4. The van der Waals surface area contributed by atoms with Gasteiger partial charge < -0.3 is 15.2 Å². The summed E-state index contributed by atoms with van der Waals surface area (Å²) >= 11 is 0. The standard InChI is InChI=1S/C18H29NO2/c1-14-8-9-18(12-15(14)2)21-11-10-17(20)13-19-16-6-4-3-5-7-16/h8-9,12,16-17,19-20H,3-7,10-11,13H2,1-2H3/t17-/m0/s1. The molecule has 2 N–H and O–H groups in total. The summed E-state index contributed by atoms with van der Waals surface area (Å²) < 4.78 is 5.72. The Morgan fingerprint density at radius 1 is 1.19 bits per heavy atom. The Labute approximate surface area is 128 Å². The number of hydrogen-bond donors (Lipinski definition) is 2. The summed E-state index contributed by atoms with van der Waals surface area (Å²) in [5, 5.41) is 13.5. The van der Waals surface area contributed by atoms with E-state index in [2.05, 4.69) is 31.3 Å². The van der Waals surface area contributed by atoms with Gasteiger partial charge in [-0.05, 0) is 49.9 Å². The van der Waals surface area contributed by atoms with Crippen LogP contribution in [0, 0.1) is 13.8 Å². The second-order valence-corrected chi connectivity index (χ2v) is 6.28. The zero-order chi connectivity index (χ0) is 15.1. The molecule has 3 heteroatoms. The number of aliphatic hydroxyl groups is 1. The maximum atomic E-state index is 10.0. The Morgan fingerprint density at radius 3 is 2.67 bits per heavy atom. The van der Waals surface area contributed by atoms with Crippen LogP contribution in [0.2, 0.25) is 0 Å². The van der Waals surface area contributed by atoms with E-state index in [1.165, 1.54) is 43.2 Å². The van der Waals surface area contributed by atoms with Gasteiger partial charge in [-0.25, -0.2) is 0 Å². The summed E-state index contributed by atoms with van der Waals surface area (Å²) in [5.74, 6) is 0.894. The van der Waals surface area contributed by atoms with E-state index >= 15 is 0 Å². The first-order valence-electron chi connectivity index (χ1n) is 8.26. The largest absolute Gasteiger partial charge is 0.493 e. The fourth-order valence-corrected chi connectivity index (χ4v) is 2.83. The van der Waals surface area contributed by atoms with Crippen LogP contribution in [0.5, 0.6) is 5.75 Å². The summed E-state index contributed by atoms with van der Waals surface area (Å²) in [4.78, 5) is 0. The van der Waals surface area contributed by atoms with E-state index in [0.29, 0.717) is 25.6 Å². The number of aliphatic hydroxyl groups excluding tert-OH is 1. The van der Waals surface area contributed by atoms with Gasteiger partial charge in [-0.1, -0.05) is 25.3 Å². The Hall–Kier alpha value is -1.06. The van der Waals surface area contributed by atoms with Crippen LogP contribution in [-0.2, 0) is 0 Å². The van der Waals surface area contributed by atoms with Gasteiger partial charge in [0, 0.05) is 19.0 Å². The Morgan fingerprint density at radius 2 is 1.95 bits per heavy atom. The fraction of sp³-hybridized carbons (Fsp3) is 0.667. The molecule has 118 valence electrons. The summed E-state index contributed by atoms with van der Waals surface area (Å²) in [5.41, 5.74) is 2.52. The monoisotopic (exact) mass is 291 g/mol. The third kappa shape index (κ3) is 5.68. The molecular weight excluding hydrogens is 262 g/mol. The Bertz CT molecular complexity index is 427. The molecule has 0 spiro atoms. The lowest BCUT2D eigenvalue weighted by molar-refractivity contribution is 0.131. The molecule has 0 aliphatic heterocycles. The van der Waals surface area contributed by atoms with Crippen molar-refractivity contribution < 1.29 is 9.84 Å². The van der Waals surface area contributed by atoms with E-state index in [0.717, 1.165) is 5.75 Å². The normalized spacial score (nSPS) is 17.7. The number of rotatable bonds is 7. The molecule has 0 amide bonds. The van der Waals surface area contributed by atoms with Crippen molar-refractivity contribution >= 4 is 0 Å². The predicted octanol–water partition coefficient (Wildman–Crippen LogP) is 3.36. The summed E-state index contributed by atoms with van der Waals surface area (Å²) in [7, 11) is 0. The molecule has 3 nitrogen and oxygen atoms in total. The van der Waals surface area contributed by atoms with Crippen molar-refractivity contribution in [2.45, 2.75) is 64.5 Å². The second-order valence-electron chi connectivity index (χ2n) is 6.28. The van der Waals surface area contributed by atoms with E-state index in [1.54, 1.807) is 0 Å². The minimum Gasteiger partial charge on any atom is -0.493 e. The first-order chi connectivity index (χ1) is 10.1. The third-order valence-electron chi connectivity index (χ3n) is 4.45. The first-order valence-corrected chi connectivity index (χ1v) is 8.26. The lowest BCUT2D eigenvalue weighted by Gasteiger charge is -2.24. The number of benzene rings is 1. The third-order valence-corrected chi connectivity index (χ3v) is 4.45. The van der Waals surface area contributed by atoms with Crippen LogP contribution in [0.15, 0.2) is 18.2 Å². The molecule has 1 aliphatic carbocycles. The Balaban J connectivity index is 1.62. The summed E-state index contributed by atoms with van der Waals surface area (Å²) in [6.07, 6.45) is 6.88. The number of nitrogens with one attached hydrogen (secondary N) is 1. The SMILES string of the molecule is Cc1ccc(OCC[C@H](O)CNC2CCCCC2)cc1C. The average Bonchev–Trinajstić information content (AvgIpc) is 2.50. The van der Waals surface area contributed by atoms with E-state index in [1.807, 2.05) is 6.07 Å². The van der Waals surface area contributed by atoms with Crippen LogP contribution in [-0.4, -0.2) is 30.4 Å². The van der Waals surface area contributed by atoms with Gasteiger partial charge in [0.05, 0.1) is 12.7 Å². The quantitative estimate of drug-likeness (QED) is 0.809. The van der Waals surface area contributed by atoms with E-state index in [9.17, 15) is 5.11 Å². The maximum absolute atomic E-state index is 10.0. The fourth-order valence-electron chi connectivity index (χ4n) is 2.83. The van der Waals surface area contributed by atoms with Gasteiger partial charge in [-0.15, -0.1) is 0 Å². The van der Waals surface area contributed by atoms with Gasteiger partial charge in [-0.2, -0.15) is 0 Å². The summed E-state index contributed by atoms with van der Waals surface area (Å²) in [6.45, 7) is 5.43. The topological polar surface area (TPSA) is 41.5 Å². The highest BCUT2D eigenvalue weighted by molar-refractivity contribution is 5.33. The van der Waals surface area contributed by atoms with E-state index in [-0.39, 0.29) is 6.10 Å². The van der Waals surface area contributed by atoms with Crippen molar-refractivity contribution in [1.82, 2.24) is 5.32 Å². The minimum atomic E-state index is -0.321. The van der Waals surface area contributed by atoms with Gasteiger partial charge in [0.2, 0.25) is 0 Å². The molecule has 1 fully saturated rings. The highest BCUT2D eigenvalue weighted by Crippen LogP contribution is 2.18. The molecule has 21 heavy (non-hydrogen) atoms. The molecule has 0 aromatic heterocycles. The molecule has 1 saturated carbocycles. The number of hydrogen-bond acceptors (Lipinski definition) is 3. The molecule has 1 aliphatic rings. The van der Waals surface area contributed by atoms with Crippen LogP contribution in [0.4, 0.5) is 0 Å². The maximum Gasteiger partial charge on any atom is 0.119 e. The van der Waals surface area contributed by atoms with Crippen molar-refractivity contribution in [2.75, 3.05) is 13.2 Å². The van der Waals surface area contributed by atoms with E-state index in [4.69, 9.17) is 4.74 Å². The molecule has 0 radical (unpaired) electrons. The van der Waals surface area contributed by atoms with Crippen molar-refractivity contribution in [3.05, 3.63) is 29.3 Å². The predicted molar refractivity (Wildman–Crippen MR) is 86.9 cm³/mol. The molecule has 2 rings (SSSR count). The second kappa shape index (κ2) is 8.40. The Kier molecular flexibility index (Phi) is 6.52. The number of aryl methyl sites for hydroxylation is 2. The highest BCUT2D eigenvalue weighted by atomic mass is 16.5. The molecule has 0 heterocycles. The van der Waals surface area contributed by atoms with Crippen molar-refractivity contribution in [2.24, 2.45) is 0 Å². The van der Waals surface area contributed by atoms with Crippen molar-refractivity contribution in [3.63, 3.8) is 0 Å². The smallest absolute Gasteiger partial charge is 0.119 e. The van der Waals surface area contributed by atoms with Crippen LogP contribution in [0.3, 0.4) is 0 Å². The van der Waals surface area contributed by atoms with Gasteiger partial charge in [-0.3, -0.25) is 0 Å². The highest BCUT2D eigenvalue weighted by Gasteiger charge is 2.14. The molecule has 1 atom stereocenters. The molecule has 0 bridgehead atoms. The van der Waals surface area contributed by atoms with Gasteiger partial charge in [0.15, 0.2) is 0 Å². The van der Waals surface area contributed by atoms with Crippen LogP contribution in [0.25, 0.3) is 0 Å². The summed E-state index contributed by atoms with van der Waals surface area (Å²) in [6, 6.07) is 6.73. The lowest BCUT2D eigenvalue weighted by atomic mass is 9.95. The first kappa shape index (κ1) is 16.3. The van der Waals surface area contributed by atoms with Crippen molar-refractivity contribution in [3.8, 4) is 5.75 Å². The van der Waals surface area contributed by atoms with Gasteiger partial charge >= 0.3 is 0 Å². The average molecular weight is 291 g/mol. The lowest BCUT2D eigenvalue weighted by Crippen LogP contribution is -2.37. The molecule has 0 saturated heterocycles. The van der Waals surface area contributed by atoms with Crippen LogP contribution >= 0.6 is 0 Å². The number of ether oxygens (including phenoxy) is 1. The van der Waals surface area contributed by atoms with Crippen LogP contribution < -0.4 is 10.1 Å².